The minimum atomic E-state index is -4.44. The van der Waals surface area contributed by atoms with Crippen LogP contribution in [0, 0.1) is 73.4 Å². The zero-order valence-corrected chi connectivity index (χ0v) is 5.67. The van der Waals surface area contributed by atoms with Crippen molar-refractivity contribution in [3.05, 3.63) is 0 Å². The van der Waals surface area contributed by atoms with Gasteiger partial charge in [0.15, 0.2) is 0 Å². The molecule has 0 fully saturated rings. The molecule has 0 N–H and O–H groups in total. The predicted molar refractivity (Wildman–Crippen MR) is 3.32 cm³/mol. The van der Waals surface area contributed by atoms with E-state index in [0.717, 1.165) is 0 Å². The molecule has 0 spiro atoms. The summed E-state index contributed by atoms with van der Waals surface area (Å²) in [7, 11) is 0. The van der Waals surface area contributed by atoms with E-state index in [4.69, 9.17) is 0 Å². The molecule has 0 unspecified atom stereocenters. The Kier molecular flexibility index (Phi) is 13.1. The maximum atomic E-state index is 9.78. The Morgan fingerprint density at radius 2 is 1.00 bits per heavy atom. The normalized spacial score (nSPS) is 9.00. The van der Waals surface area contributed by atoms with Crippen LogP contribution in [0.5, 0.6) is 0 Å². The Bertz CT molecular complexity index is 11.6. The average molecular weight is 389 g/mol. The zero-order valence-electron chi connectivity index (χ0n) is 1.75. The summed E-state index contributed by atoms with van der Waals surface area (Å²) in [4.78, 5) is 0. The van der Waals surface area contributed by atoms with Gasteiger partial charge in [0.2, 0.25) is 0 Å². The van der Waals surface area contributed by atoms with Crippen LogP contribution in [-0.4, -0.2) is 0 Å². The van der Waals surface area contributed by atoms with Gasteiger partial charge in [-0.15, -0.1) is 0 Å². The summed E-state index contributed by atoms with van der Waals surface area (Å²) in [6.07, 6.45) is 0. The van der Waals surface area contributed by atoms with Crippen molar-refractivity contribution in [2.45, 2.75) is 0 Å². The van der Waals surface area contributed by atoms with Crippen LogP contribution in [-0.2, 0) is 0 Å². The van der Waals surface area contributed by atoms with Gasteiger partial charge in [0.1, 0.15) is 0 Å². The van der Waals surface area contributed by atoms with Crippen LogP contribution in [0.3, 0.4) is 0 Å². The third kappa shape index (κ3) is 21.8. The molecule has 0 saturated heterocycles. The van der Waals surface area contributed by atoms with Crippen molar-refractivity contribution >= 4 is 0 Å². The summed E-state index contributed by atoms with van der Waals surface area (Å²) in [6, 6.07) is 0. The third-order valence-corrected chi connectivity index (χ3v) is 0. The fraction of sp³-hybridized carbons (Fsp3) is 0. The van der Waals surface area contributed by atoms with Gasteiger partial charge in [0.05, 0.1) is 0 Å². The first-order valence-electron chi connectivity index (χ1n) is 0.293. The van der Waals surface area contributed by atoms with Crippen molar-refractivity contribution < 1.29 is 77.7 Å². The van der Waals surface area contributed by atoms with E-state index in [1.54, 1.807) is 0 Å². The molecular weight excluding hydrogens is 389 g/mol. The Labute approximate surface area is 75.9 Å². The number of rotatable bonds is 0. The van der Waals surface area contributed by atoms with Crippen molar-refractivity contribution in [3.8, 4) is 0 Å². The van der Waals surface area contributed by atoms with Crippen LogP contribution in [0.15, 0.2) is 0 Å². The smallest absolute Gasteiger partial charge is 0 e. The molecule has 0 aromatic heterocycles. The molecule has 0 aliphatic heterocycles. The second kappa shape index (κ2) is 6.35. The van der Waals surface area contributed by atoms with Gasteiger partial charge in [-0.25, -0.2) is 0 Å². The molecular formula is F3GdLu. The summed E-state index contributed by atoms with van der Waals surface area (Å²) in [5.41, 5.74) is 0. The monoisotopic (exact) mass is 390 g/mol. The summed E-state index contributed by atoms with van der Waals surface area (Å²) >= 11 is -4.44. The molecule has 0 aliphatic carbocycles. The van der Waals surface area contributed by atoms with Crippen LogP contribution < -0.4 is 0 Å². The molecule has 0 aromatic carbocycles. The van der Waals surface area contributed by atoms with Crippen LogP contribution in [0.2, 0.25) is 0 Å². The number of hydrogen-bond donors (Lipinski definition) is 0. The van der Waals surface area contributed by atoms with Gasteiger partial charge in [-0.3, -0.25) is 0 Å². The molecule has 5 heteroatoms. The standard InChI is InChI=1S/3FH.Gd.Lu/h3*1H;;/q;;;;+3/p-3. The van der Waals surface area contributed by atoms with Crippen LogP contribution >= 0.6 is 0 Å². The van der Waals surface area contributed by atoms with Crippen LogP contribution in [0.1, 0.15) is 0 Å². The molecule has 0 aliphatic rings. The van der Waals surface area contributed by atoms with Crippen LogP contribution in [0.25, 0.3) is 0 Å². The van der Waals surface area contributed by atoms with Crippen molar-refractivity contribution in [1.82, 2.24) is 0 Å². The van der Waals surface area contributed by atoms with E-state index in [1.807, 2.05) is 0 Å². The molecule has 0 bridgehead atoms. The first-order valence-corrected chi connectivity index (χ1v) is 2.17. The molecule has 0 rings (SSSR count). The number of halogens is 3. The van der Waals surface area contributed by atoms with Gasteiger partial charge in [-0.2, -0.15) is 0 Å². The van der Waals surface area contributed by atoms with E-state index in [-0.39, 0.29) is 39.9 Å². The Morgan fingerprint density at radius 3 is 1.00 bits per heavy atom. The van der Waals surface area contributed by atoms with Gasteiger partial charge < -0.3 is 0 Å². The van der Waals surface area contributed by atoms with Gasteiger partial charge in [-0.1, -0.05) is 0 Å². The second-order valence-corrected chi connectivity index (χ2v) is 0.821. The maximum Gasteiger partial charge on any atom is 0 e. The minimum Gasteiger partial charge on any atom is 0 e. The first kappa shape index (κ1) is 10.4. The minimum absolute atomic E-state index is 0. The SMILES string of the molecule is [F][Lu]([F])[F].[Gd]. The predicted octanol–water partition coefficient (Wildman–Crippen LogP) is 1.26. The molecule has 5 heavy (non-hydrogen) atoms. The van der Waals surface area contributed by atoms with Crippen LogP contribution in [0.4, 0.5) is 4.39 Å². The Balaban J connectivity index is 0. The summed E-state index contributed by atoms with van der Waals surface area (Å²) in [5, 5.41) is 0. The zero-order chi connectivity index (χ0) is 3.58. The Morgan fingerprint density at radius 1 is 1.00 bits per heavy atom. The van der Waals surface area contributed by atoms with Crippen molar-refractivity contribution in [2.24, 2.45) is 0 Å². The van der Waals surface area contributed by atoms with E-state index < -0.39 is 33.4 Å². The maximum absolute atomic E-state index is 9.78. The number of hydrogen-bond acceptors (Lipinski definition) is 0. The fourth-order valence-corrected chi connectivity index (χ4v) is 0. The van der Waals surface area contributed by atoms with Crippen molar-refractivity contribution in [3.63, 3.8) is 0 Å². The topological polar surface area (TPSA) is 0 Å². The van der Waals surface area contributed by atoms with Gasteiger partial charge in [-0.05, 0) is 0 Å². The summed E-state index contributed by atoms with van der Waals surface area (Å²) < 4.78 is 29.3. The largest absolute Gasteiger partial charge is 0 e. The molecule has 0 saturated carbocycles. The molecule has 0 amide bonds. The van der Waals surface area contributed by atoms with Gasteiger partial charge >= 0.3 is 37.8 Å². The molecule has 0 atom stereocenters. The molecule has 0 radical (unpaired) electrons. The molecule has 0 aromatic rings. The third-order valence-electron chi connectivity index (χ3n) is 0. The van der Waals surface area contributed by atoms with Crippen molar-refractivity contribution in [2.75, 3.05) is 0 Å². The fourth-order valence-electron chi connectivity index (χ4n) is 0. The molecule has 0 nitrogen and oxygen atoms in total. The second-order valence-electron chi connectivity index (χ2n) is 0.111. The summed E-state index contributed by atoms with van der Waals surface area (Å²) in [6.45, 7) is 0. The summed E-state index contributed by atoms with van der Waals surface area (Å²) in [5.74, 6) is 0. The van der Waals surface area contributed by atoms with Gasteiger partial charge in [0, 0.05) is 39.9 Å². The van der Waals surface area contributed by atoms with E-state index in [0.29, 0.717) is 0 Å². The molecule has 0 heterocycles. The quantitative estimate of drug-likeness (QED) is 0.586. The average Bonchev–Trinajstić information content (AvgIpc) is 0.811. The van der Waals surface area contributed by atoms with E-state index in [9.17, 15) is 4.39 Å². The van der Waals surface area contributed by atoms with E-state index >= 15 is 0 Å². The Hall–Kier alpha value is 2.35. The van der Waals surface area contributed by atoms with E-state index in [2.05, 4.69) is 0 Å². The van der Waals surface area contributed by atoms with E-state index in [1.165, 1.54) is 0 Å². The molecule has 44 valence electrons. The van der Waals surface area contributed by atoms with Gasteiger partial charge in [0.25, 0.3) is 0 Å². The van der Waals surface area contributed by atoms with Crippen molar-refractivity contribution in [1.29, 1.82) is 0 Å². The first-order chi connectivity index (χ1) is 1.73.